The van der Waals surface area contributed by atoms with E-state index in [-0.39, 0.29) is 23.7 Å². The van der Waals surface area contributed by atoms with Crippen LogP contribution in [-0.2, 0) is 12.7 Å². The second-order valence-electron chi connectivity index (χ2n) is 10.3. The molecule has 1 saturated heterocycles. The first-order chi connectivity index (χ1) is 17.5. The molecule has 1 aliphatic heterocycles. The molecule has 3 aromatic rings. The third-order valence-electron chi connectivity index (χ3n) is 6.75. The van der Waals surface area contributed by atoms with Gasteiger partial charge in [0.1, 0.15) is 17.3 Å². The van der Waals surface area contributed by atoms with Crippen molar-refractivity contribution in [1.29, 1.82) is 0 Å². The topological polar surface area (TPSA) is 36.7 Å². The number of amides is 1. The van der Waals surface area contributed by atoms with Crippen LogP contribution >= 0.6 is 0 Å². The number of hydrogen-bond acceptors (Lipinski definition) is 3. The van der Waals surface area contributed by atoms with E-state index in [0.29, 0.717) is 43.9 Å². The Morgan fingerprint density at radius 1 is 1.08 bits per heavy atom. The van der Waals surface area contributed by atoms with Gasteiger partial charge in [-0.2, -0.15) is 13.2 Å². The van der Waals surface area contributed by atoms with Gasteiger partial charge in [0.05, 0.1) is 12.1 Å². The molecule has 198 valence electrons. The van der Waals surface area contributed by atoms with Gasteiger partial charge < -0.3 is 9.32 Å². The van der Waals surface area contributed by atoms with Crippen molar-refractivity contribution < 1.29 is 26.8 Å². The highest BCUT2D eigenvalue weighted by molar-refractivity contribution is 5.94. The van der Waals surface area contributed by atoms with Crippen molar-refractivity contribution in [3.05, 3.63) is 94.7 Å². The lowest BCUT2D eigenvalue weighted by Crippen LogP contribution is -2.39. The van der Waals surface area contributed by atoms with Crippen LogP contribution in [0.2, 0.25) is 0 Å². The van der Waals surface area contributed by atoms with E-state index in [2.05, 4.69) is 4.90 Å². The highest BCUT2D eigenvalue weighted by Gasteiger charge is 2.38. The number of carbonyl (C=O) groups excluding carboxylic acids is 1. The minimum absolute atomic E-state index is 0.0947. The predicted molar refractivity (Wildman–Crippen MR) is 134 cm³/mol. The number of furan rings is 1. The van der Waals surface area contributed by atoms with Gasteiger partial charge in [-0.25, -0.2) is 4.39 Å². The van der Waals surface area contributed by atoms with Crippen LogP contribution in [0.1, 0.15) is 52.8 Å². The number of benzene rings is 2. The lowest BCUT2D eigenvalue weighted by atomic mass is 9.87. The SMILES string of the molecule is Cc1ccc(CN2C[C@@H](CN(CC(C)C)C(=O)c3ccc(F)cc3)[C@H](c3cccc(C(F)(F)F)c3)C2)o1. The minimum Gasteiger partial charge on any atom is -0.465 e. The maximum atomic E-state index is 13.5. The Morgan fingerprint density at radius 2 is 1.81 bits per heavy atom. The van der Waals surface area contributed by atoms with Gasteiger partial charge in [0.15, 0.2) is 0 Å². The van der Waals surface area contributed by atoms with Crippen LogP contribution in [0.25, 0.3) is 0 Å². The number of nitrogens with zero attached hydrogens (tertiary/aromatic N) is 2. The van der Waals surface area contributed by atoms with Crippen LogP contribution in [0.15, 0.2) is 65.1 Å². The fourth-order valence-electron chi connectivity index (χ4n) is 5.13. The van der Waals surface area contributed by atoms with E-state index in [1.54, 1.807) is 11.0 Å². The molecule has 0 bridgehead atoms. The predicted octanol–water partition coefficient (Wildman–Crippen LogP) is 6.76. The zero-order valence-corrected chi connectivity index (χ0v) is 21.3. The highest BCUT2D eigenvalue weighted by Crippen LogP contribution is 2.37. The average molecular weight is 517 g/mol. The average Bonchev–Trinajstić information content (AvgIpc) is 3.43. The molecule has 0 N–H and O–H groups in total. The number of rotatable bonds is 8. The summed E-state index contributed by atoms with van der Waals surface area (Å²) in [6.07, 6.45) is -4.43. The molecule has 0 saturated carbocycles. The maximum absolute atomic E-state index is 13.5. The second kappa shape index (κ2) is 11.1. The molecule has 0 spiro atoms. The van der Waals surface area contributed by atoms with Crippen LogP contribution < -0.4 is 0 Å². The van der Waals surface area contributed by atoms with Gasteiger partial charge in [0.2, 0.25) is 0 Å². The molecular formula is C29H32F4N2O2. The van der Waals surface area contributed by atoms with Crippen molar-refractivity contribution >= 4 is 5.91 Å². The van der Waals surface area contributed by atoms with Crippen LogP contribution in [0.5, 0.6) is 0 Å². The summed E-state index contributed by atoms with van der Waals surface area (Å²) < 4.78 is 59.7. The van der Waals surface area contributed by atoms with Crippen molar-refractivity contribution in [3.8, 4) is 0 Å². The van der Waals surface area contributed by atoms with E-state index in [4.69, 9.17) is 4.42 Å². The van der Waals surface area contributed by atoms with Crippen LogP contribution in [-0.4, -0.2) is 41.9 Å². The summed E-state index contributed by atoms with van der Waals surface area (Å²) in [5.74, 6) is 0.847. The number of halogens is 4. The van der Waals surface area contributed by atoms with E-state index in [1.165, 1.54) is 36.4 Å². The highest BCUT2D eigenvalue weighted by atomic mass is 19.4. The fraction of sp³-hybridized carbons (Fsp3) is 0.414. The van der Waals surface area contributed by atoms with Crippen molar-refractivity contribution in [3.63, 3.8) is 0 Å². The molecule has 2 heterocycles. The number of hydrogen-bond donors (Lipinski definition) is 0. The summed E-state index contributed by atoms with van der Waals surface area (Å²) in [6, 6.07) is 14.7. The standard InChI is InChI=1S/C29H32F4N2O2/c1-19(2)14-35(28(36)21-8-10-25(30)11-9-21)16-23-15-34(17-26-12-7-20(3)37-26)18-27(23)22-5-4-6-24(13-22)29(31,32)33/h4-13,19,23,27H,14-18H2,1-3H3/t23-,27-/m0/s1. The van der Waals surface area contributed by atoms with E-state index in [9.17, 15) is 22.4 Å². The van der Waals surface area contributed by atoms with Crippen molar-refractivity contribution in [1.82, 2.24) is 9.80 Å². The van der Waals surface area contributed by atoms with E-state index < -0.39 is 17.6 Å². The number of alkyl halides is 3. The fourth-order valence-corrected chi connectivity index (χ4v) is 5.13. The molecule has 2 atom stereocenters. The van der Waals surface area contributed by atoms with Gasteiger partial charge in [-0.1, -0.05) is 32.0 Å². The summed E-state index contributed by atoms with van der Waals surface area (Å²) >= 11 is 0. The molecule has 4 rings (SSSR count). The molecule has 1 fully saturated rings. The minimum atomic E-state index is -4.43. The molecule has 2 aromatic carbocycles. The maximum Gasteiger partial charge on any atom is 0.416 e. The zero-order chi connectivity index (χ0) is 26.7. The van der Waals surface area contributed by atoms with Gasteiger partial charge in [0.25, 0.3) is 5.91 Å². The quantitative estimate of drug-likeness (QED) is 0.311. The Labute approximate surface area is 214 Å². The first kappa shape index (κ1) is 26.9. The van der Waals surface area contributed by atoms with E-state index in [0.717, 1.165) is 17.6 Å². The van der Waals surface area contributed by atoms with Gasteiger partial charge in [-0.3, -0.25) is 9.69 Å². The van der Waals surface area contributed by atoms with Gasteiger partial charge >= 0.3 is 6.18 Å². The number of aryl methyl sites for hydroxylation is 1. The molecule has 1 aromatic heterocycles. The molecule has 37 heavy (non-hydrogen) atoms. The lowest BCUT2D eigenvalue weighted by molar-refractivity contribution is -0.137. The van der Waals surface area contributed by atoms with Crippen LogP contribution in [0.3, 0.4) is 0 Å². The number of carbonyl (C=O) groups is 1. The molecule has 0 aliphatic carbocycles. The Balaban J connectivity index is 1.62. The van der Waals surface area contributed by atoms with Gasteiger partial charge in [-0.15, -0.1) is 0 Å². The van der Waals surface area contributed by atoms with E-state index in [1.807, 2.05) is 32.9 Å². The van der Waals surface area contributed by atoms with Crippen LogP contribution in [0, 0.1) is 24.6 Å². The van der Waals surface area contributed by atoms with Gasteiger partial charge in [-0.05, 0) is 66.8 Å². The molecule has 0 radical (unpaired) electrons. The summed E-state index contributed by atoms with van der Waals surface area (Å²) in [7, 11) is 0. The third-order valence-corrected chi connectivity index (χ3v) is 6.75. The number of likely N-dealkylation sites (tertiary alicyclic amines) is 1. The first-order valence-electron chi connectivity index (χ1n) is 12.5. The summed E-state index contributed by atoms with van der Waals surface area (Å²) in [6.45, 7) is 8.44. The van der Waals surface area contributed by atoms with E-state index >= 15 is 0 Å². The Bertz CT molecular complexity index is 1200. The van der Waals surface area contributed by atoms with Gasteiger partial charge in [0, 0.05) is 37.7 Å². The van der Waals surface area contributed by atoms with Crippen molar-refractivity contribution in [2.24, 2.45) is 11.8 Å². The monoisotopic (exact) mass is 516 g/mol. The first-order valence-corrected chi connectivity index (χ1v) is 12.5. The summed E-state index contributed by atoms with van der Waals surface area (Å²) in [5.41, 5.74) is 0.320. The summed E-state index contributed by atoms with van der Waals surface area (Å²) in [4.78, 5) is 17.3. The van der Waals surface area contributed by atoms with Crippen LogP contribution in [0.4, 0.5) is 17.6 Å². The van der Waals surface area contributed by atoms with Crippen molar-refractivity contribution in [2.45, 2.75) is 39.4 Å². The normalized spacial score (nSPS) is 18.5. The zero-order valence-electron chi connectivity index (χ0n) is 21.3. The Morgan fingerprint density at radius 3 is 2.43 bits per heavy atom. The molecule has 0 unspecified atom stereocenters. The molecule has 1 amide bonds. The Hall–Kier alpha value is -3.13. The Kier molecular flexibility index (Phi) is 8.07. The molecule has 8 heteroatoms. The molecule has 4 nitrogen and oxygen atoms in total. The second-order valence-corrected chi connectivity index (χ2v) is 10.3. The molecular weight excluding hydrogens is 484 g/mol. The smallest absolute Gasteiger partial charge is 0.416 e. The lowest BCUT2D eigenvalue weighted by Gasteiger charge is -2.30. The van der Waals surface area contributed by atoms with Crippen molar-refractivity contribution in [2.75, 3.05) is 26.2 Å². The largest absolute Gasteiger partial charge is 0.465 e. The summed E-state index contributed by atoms with van der Waals surface area (Å²) in [5, 5.41) is 0. The third kappa shape index (κ3) is 6.80. The molecule has 1 aliphatic rings.